The summed E-state index contributed by atoms with van der Waals surface area (Å²) in [6, 6.07) is 9.27. The average molecular weight is 275 g/mol. The van der Waals surface area contributed by atoms with Crippen LogP contribution in [-0.2, 0) is 5.60 Å². The first kappa shape index (κ1) is 13.8. The zero-order chi connectivity index (χ0) is 13.9. The van der Waals surface area contributed by atoms with E-state index in [4.69, 9.17) is 0 Å². The van der Waals surface area contributed by atoms with Crippen molar-refractivity contribution in [2.75, 3.05) is 6.54 Å². The topological polar surface area (TPSA) is 49.3 Å². The summed E-state index contributed by atoms with van der Waals surface area (Å²) in [6.45, 7) is 3.79. The number of carbonyl (C=O) groups is 1. The fourth-order valence-electron chi connectivity index (χ4n) is 1.85. The second-order valence-corrected chi connectivity index (χ2v) is 5.56. The number of carbonyl (C=O) groups excluding carboxylic acids is 1. The SMILES string of the molecule is Cc1ccccc1C(=O)NCC(C)(O)c1ccsc1. The first-order valence-electron chi connectivity index (χ1n) is 6.09. The molecule has 100 valence electrons. The number of thiophene rings is 1. The Kier molecular flexibility index (Phi) is 4.02. The van der Waals surface area contributed by atoms with Crippen molar-refractivity contribution >= 4 is 17.2 Å². The van der Waals surface area contributed by atoms with Gasteiger partial charge in [0.2, 0.25) is 0 Å². The van der Waals surface area contributed by atoms with Crippen LogP contribution < -0.4 is 5.32 Å². The Hall–Kier alpha value is -1.65. The second kappa shape index (κ2) is 5.55. The molecular weight excluding hydrogens is 258 g/mol. The van der Waals surface area contributed by atoms with Crippen LogP contribution in [0.2, 0.25) is 0 Å². The maximum absolute atomic E-state index is 12.1. The van der Waals surface area contributed by atoms with Gasteiger partial charge in [0.05, 0.1) is 6.54 Å². The van der Waals surface area contributed by atoms with E-state index in [2.05, 4.69) is 5.32 Å². The van der Waals surface area contributed by atoms with Crippen molar-refractivity contribution in [2.24, 2.45) is 0 Å². The molecule has 4 heteroatoms. The van der Waals surface area contributed by atoms with E-state index in [-0.39, 0.29) is 12.5 Å². The van der Waals surface area contributed by atoms with Gasteiger partial charge in [0, 0.05) is 5.56 Å². The molecule has 0 radical (unpaired) electrons. The van der Waals surface area contributed by atoms with Crippen molar-refractivity contribution in [2.45, 2.75) is 19.4 Å². The summed E-state index contributed by atoms with van der Waals surface area (Å²) in [7, 11) is 0. The van der Waals surface area contributed by atoms with Gasteiger partial charge in [-0.1, -0.05) is 18.2 Å². The van der Waals surface area contributed by atoms with E-state index in [1.54, 1.807) is 13.0 Å². The Bertz CT molecular complexity index is 561. The molecule has 3 nitrogen and oxygen atoms in total. The minimum atomic E-state index is -1.04. The van der Waals surface area contributed by atoms with Crippen LogP contribution in [0.15, 0.2) is 41.1 Å². The smallest absolute Gasteiger partial charge is 0.251 e. The Labute approximate surface area is 116 Å². The molecule has 2 N–H and O–H groups in total. The Morgan fingerprint density at radius 3 is 2.74 bits per heavy atom. The Morgan fingerprint density at radius 2 is 2.11 bits per heavy atom. The van der Waals surface area contributed by atoms with E-state index in [0.29, 0.717) is 5.56 Å². The zero-order valence-corrected chi connectivity index (χ0v) is 11.8. The molecule has 0 aliphatic rings. The molecule has 1 atom stereocenters. The molecule has 0 aliphatic heterocycles. The molecule has 2 aromatic rings. The van der Waals surface area contributed by atoms with Gasteiger partial charge >= 0.3 is 0 Å². The summed E-state index contributed by atoms with van der Waals surface area (Å²) in [6.07, 6.45) is 0. The van der Waals surface area contributed by atoms with Gasteiger partial charge in [-0.25, -0.2) is 0 Å². The Balaban J connectivity index is 2.03. The van der Waals surface area contributed by atoms with E-state index in [0.717, 1.165) is 11.1 Å². The van der Waals surface area contributed by atoms with E-state index in [9.17, 15) is 9.90 Å². The van der Waals surface area contributed by atoms with E-state index < -0.39 is 5.60 Å². The predicted molar refractivity (Wildman–Crippen MR) is 77.4 cm³/mol. The molecule has 1 unspecified atom stereocenters. The van der Waals surface area contributed by atoms with Crippen molar-refractivity contribution < 1.29 is 9.90 Å². The van der Waals surface area contributed by atoms with Crippen LogP contribution in [0.25, 0.3) is 0 Å². The highest BCUT2D eigenvalue weighted by Crippen LogP contribution is 2.22. The molecule has 1 aromatic carbocycles. The molecule has 1 heterocycles. The molecule has 0 bridgehead atoms. The summed E-state index contributed by atoms with van der Waals surface area (Å²) in [5.41, 5.74) is 1.35. The summed E-state index contributed by atoms with van der Waals surface area (Å²) < 4.78 is 0. The summed E-state index contributed by atoms with van der Waals surface area (Å²) in [4.78, 5) is 12.1. The van der Waals surface area contributed by atoms with Crippen molar-refractivity contribution in [1.82, 2.24) is 5.32 Å². The molecule has 0 saturated heterocycles. The number of aryl methyl sites for hydroxylation is 1. The summed E-state index contributed by atoms with van der Waals surface area (Å²) in [5, 5.41) is 16.9. The number of hydrogen-bond acceptors (Lipinski definition) is 3. The molecule has 19 heavy (non-hydrogen) atoms. The van der Waals surface area contributed by atoms with Gasteiger partial charge in [0.25, 0.3) is 5.91 Å². The molecular formula is C15H17NO2S. The number of nitrogens with one attached hydrogen (secondary N) is 1. The summed E-state index contributed by atoms with van der Waals surface area (Å²) in [5.74, 6) is -0.159. The third-order valence-electron chi connectivity index (χ3n) is 3.13. The molecule has 0 saturated carbocycles. The minimum Gasteiger partial charge on any atom is -0.384 e. The van der Waals surface area contributed by atoms with E-state index in [1.807, 2.05) is 41.9 Å². The molecule has 2 rings (SSSR count). The number of amides is 1. The van der Waals surface area contributed by atoms with Crippen LogP contribution in [0, 0.1) is 6.92 Å². The largest absolute Gasteiger partial charge is 0.384 e. The van der Waals surface area contributed by atoms with Gasteiger partial charge in [-0.2, -0.15) is 11.3 Å². The van der Waals surface area contributed by atoms with E-state index in [1.165, 1.54) is 11.3 Å². The first-order valence-corrected chi connectivity index (χ1v) is 7.04. The molecule has 1 aromatic heterocycles. The Morgan fingerprint density at radius 1 is 1.37 bits per heavy atom. The van der Waals surface area contributed by atoms with E-state index >= 15 is 0 Å². The van der Waals surface area contributed by atoms with Crippen LogP contribution in [0.3, 0.4) is 0 Å². The lowest BCUT2D eigenvalue weighted by Crippen LogP contribution is -2.38. The molecule has 0 fully saturated rings. The van der Waals surface area contributed by atoms with Gasteiger partial charge in [0.15, 0.2) is 0 Å². The highest BCUT2D eigenvalue weighted by Gasteiger charge is 2.24. The van der Waals surface area contributed by atoms with Crippen LogP contribution in [0.5, 0.6) is 0 Å². The van der Waals surface area contributed by atoms with Gasteiger partial charge < -0.3 is 10.4 Å². The lowest BCUT2D eigenvalue weighted by molar-refractivity contribution is 0.0530. The number of hydrogen-bond donors (Lipinski definition) is 2. The first-order chi connectivity index (χ1) is 9.00. The van der Waals surface area contributed by atoms with Crippen LogP contribution in [0.4, 0.5) is 0 Å². The highest BCUT2D eigenvalue weighted by molar-refractivity contribution is 7.08. The molecule has 0 aliphatic carbocycles. The van der Waals surface area contributed by atoms with Gasteiger partial charge in [-0.15, -0.1) is 0 Å². The predicted octanol–water partition coefficient (Wildman–Crippen LogP) is 2.69. The fraction of sp³-hybridized carbons (Fsp3) is 0.267. The summed E-state index contributed by atoms with van der Waals surface area (Å²) >= 11 is 1.53. The second-order valence-electron chi connectivity index (χ2n) is 4.78. The molecule has 1 amide bonds. The number of aliphatic hydroxyl groups is 1. The van der Waals surface area contributed by atoms with Crippen molar-refractivity contribution in [1.29, 1.82) is 0 Å². The zero-order valence-electron chi connectivity index (χ0n) is 11.0. The standard InChI is InChI=1S/C15H17NO2S/c1-11-5-3-4-6-13(11)14(17)16-10-15(2,18)12-7-8-19-9-12/h3-9,18H,10H2,1-2H3,(H,16,17). The van der Waals surface area contributed by atoms with Crippen LogP contribution in [0.1, 0.15) is 28.4 Å². The van der Waals surface area contributed by atoms with Crippen molar-refractivity contribution in [3.63, 3.8) is 0 Å². The third-order valence-corrected chi connectivity index (χ3v) is 3.81. The minimum absolute atomic E-state index is 0.159. The average Bonchev–Trinajstić information content (AvgIpc) is 2.91. The number of benzene rings is 1. The van der Waals surface area contributed by atoms with Gasteiger partial charge in [-0.05, 0) is 47.9 Å². The van der Waals surface area contributed by atoms with Crippen molar-refractivity contribution in [3.05, 3.63) is 57.8 Å². The lowest BCUT2D eigenvalue weighted by Gasteiger charge is -2.23. The maximum Gasteiger partial charge on any atom is 0.251 e. The monoisotopic (exact) mass is 275 g/mol. The third kappa shape index (κ3) is 3.22. The van der Waals surface area contributed by atoms with Gasteiger partial charge in [-0.3, -0.25) is 4.79 Å². The fourth-order valence-corrected chi connectivity index (χ4v) is 2.63. The van der Waals surface area contributed by atoms with Crippen LogP contribution >= 0.6 is 11.3 Å². The van der Waals surface area contributed by atoms with Gasteiger partial charge in [0.1, 0.15) is 5.60 Å². The lowest BCUT2D eigenvalue weighted by atomic mass is 9.99. The van der Waals surface area contributed by atoms with Crippen LogP contribution in [-0.4, -0.2) is 17.6 Å². The molecule has 0 spiro atoms. The van der Waals surface area contributed by atoms with Crippen molar-refractivity contribution in [3.8, 4) is 0 Å². The quantitative estimate of drug-likeness (QED) is 0.901. The number of rotatable bonds is 4. The highest BCUT2D eigenvalue weighted by atomic mass is 32.1. The maximum atomic E-state index is 12.1. The normalized spacial score (nSPS) is 13.8.